The van der Waals surface area contributed by atoms with E-state index in [9.17, 15) is 14.4 Å². The fraction of sp³-hybridized carbons (Fsp3) is 0.429. The first-order chi connectivity index (χ1) is 10.3. The van der Waals surface area contributed by atoms with Crippen LogP contribution in [0.15, 0.2) is 21.9 Å². The molecule has 0 radical (unpaired) electrons. The number of pyridine rings is 1. The third-order valence-electron chi connectivity index (χ3n) is 3.95. The second-order valence-electron chi connectivity index (χ2n) is 5.76. The Morgan fingerprint density at radius 2 is 1.96 bits per heavy atom. The number of nitrogens with one attached hydrogen (secondary N) is 3. The normalized spacial score (nSPS) is 12.9. The van der Waals surface area contributed by atoms with Gasteiger partial charge in [-0.05, 0) is 18.9 Å². The van der Waals surface area contributed by atoms with Crippen LogP contribution < -0.4 is 22.3 Å². The first kappa shape index (κ1) is 22.1. The van der Waals surface area contributed by atoms with Gasteiger partial charge in [0, 0.05) is 12.7 Å². The van der Waals surface area contributed by atoms with E-state index in [1.165, 1.54) is 12.3 Å². The van der Waals surface area contributed by atoms with E-state index in [1.807, 2.05) is 20.8 Å². The summed E-state index contributed by atoms with van der Waals surface area (Å²) in [7, 11) is 0. The van der Waals surface area contributed by atoms with Crippen LogP contribution in [0.4, 0.5) is 0 Å². The van der Waals surface area contributed by atoms with E-state index in [2.05, 4.69) is 20.3 Å². The summed E-state index contributed by atoms with van der Waals surface area (Å²) < 4.78 is 0. The first-order valence-corrected chi connectivity index (χ1v) is 6.92. The van der Waals surface area contributed by atoms with Gasteiger partial charge in [-0.2, -0.15) is 0 Å². The monoisotopic (exact) mass is 377 g/mol. The third-order valence-corrected chi connectivity index (χ3v) is 3.95. The van der Waals surface area contributed by atoms with Gasteiger partial charge >= 0.3 is 5.69 Å². The lowest BCUT2D eigenvalue weighted by atomic mass is 9.88. The summed E-state index contributed by atoms with van der Waals surface area (Å²) in [6.07, 6.45) is 1.31. The summed E-state index contributed by atoms with van der Waals surface area (Å²) in [5.41, 5.74) is 4.30. The highest BCUT2D eigenvalue weighted by Crippen LogP contribution is 2.16. The number of halogens is 2. The number of rotatable bonds is 4. The molecule has 2 aromatic rings. The molecule has 2 rings (SSSR count). The minimum absolute atomic E-state index is 0. The Kier molecular flexibility index (Phi) is 7.62. The molecule has 0 saturated carbocycles. The van der Waals surface area contributed by atoms with Crippen molar-refractivity contribution in [2.75, 3.05) is 6.54 Å². The van der Waals surface area contributed by atoms with E-state index >= 15 is 0 Å². The van der Waals surface area contributed by atoms with Crippen LogP contribution in [0.3, 0.4) is 0 Å². The van der Waals surface area contributed by atoms with E-state index in [0.29, 0.717) is 0 Å². The van der Waals surface area contributed by atoms with Crippen LogP contribution in [0.25, 0.3) is 11.0 Å². The van der Waals surface area contributed by atoms with Crippen molar-refractivity contribution >= 4 is 41.8 Å². The SMILES string of the molecule is CC(C)C(C)(CN)NC(=O)c1cnc2[nH]c(=O)[nH]c(=O)c2c1.Cl.Cl. The van der Waals surface area contributed by atoms with Crippen molar-refractivity contribution in [2.24, 2.45) is 11.7 Å². The number of carbonyl (C=O) groups excluding carboxylic acids is 1. The molecule has 10 heteroatoms. The predicted molar refractivity (Wildman–Crippen MR) is 97.2 cm³/mol. The second-order valence-corrected chi connectivity index (χ2v) is 5.76. The molecule has 134 valence electrons. The largest absolute Gasteiger partial charge is 0.345 e. The molecule has 0 bridgehead atoms. The van der Waals surface area contributed by atoms with Crippen LogP contribution >= 0.6 is 24.8 Å². The van der Waals surface area contributed by atoms with Crippen molar-refractivity contribution in [3.05, 3.63) is 38.7 Å². The van der Waals surface area contributed by atoms with Gasteiger partial charge in [0.25, 0.3) is 11.5 Å². The smallest absolute Gasteiger partial charge is 0.327 e. The van der Waals surface area contributed by atoms with Gasteiger partial charge in [-0.25, -0.2) is 9.78 Å². The molecule has 5 N–H and O–H groups in total. The van der Waals surface area contributed by atoms with Crippen LogP contribution in [0.5, 0.6) is 0 Å². The summed E-state index contributed by atoms with van der Waals surface area (Å²) in [5, 5.41) is 3.01. The maximum atomic E-state index is 12.4. The molecule has 0 aliphatic heterocycles. The Morgan fingerprint density at radius 1 is 1.33 bits per heavy atom. The number of hydrogen-bond acceptors (Lipinski definition) is 5. The molecule has 2 heterocycles. The standard InChI is InChI=1S/C14H19N5O3.2ClH/c1-7(2)14(3,6-15)19-11(20)8-4-9-10(16-5-8)17-13(22)18-12(9)21;;/h4-5,7H,6,15H2,1-3H3,(H,19,20)(H2,16,17,18,21,22);2*1H. The van der Waals surface area contributed by atoms with Crippen LogP contribution in [0, 0.1) is 5.92 Å². The number of fused-ring (bicyclic) bond motifs is 1. The lowest BCUT2D eigenvalue weighted by Gasteiger charge is -2.33. The summed E-state index contributed by atoms with van der Waals surface area (Å²) in [6, 6.07) is 1.39. The third kappa shape index (κ3) is 4.34. The number of nitrogens with zero attached hydrogens (tertiary/aromatic N) is 1. The lowest BCUT2D eigenvalue weighted by molar-refractivity contribution is 0.0883. The second kappa shape index (κ2) is 8.27. The number of carbonyl (C=O) groups is 1. The first-order valence-electron chi connectivity index (χ1n) is 6.92. The Labute approximate surface area is 150 Å². The Bertz CT molecular complexity index is 833. The molecular weight excluding hydrogens is 357 g/mol. The van der Waals surface area contributed by atoms with Crippen LogP contribution in [-0.4, -0.2) is 32.9 Å². The zero-order valence-electron chi connectivity index (χ0n) is 13.5. The Balaban J connectivity index is 0.00000264. The average Bonchev–Trinajstić information content (AvgIpc) is 2.46. The van der Waals surface area contributed by atoms with E-state index in [0.717, 1.165) is 0 Å². The van der Waals surface area contributed by atoms with Gasteiger partial charge in [0.15, 0.2) is 0 Å². The van der Waals surface area contributed by atoms with E-state index in [-0.39, 0.29) is 59.8 Å². The van der Waals surface area contributed by atoms with Crippen molar-refractivity contribution in [3.8, 4) is 0 Å². The minimum atomic E-state index is -0.641. The minimum Gasteiger partial charge on any atom is -0.345 e. The number of aromatic amines is 2. The number of amides is 1. The molecule has 0 aromatic carbocycles. The highest BCUT2D eigenvalue weighted by Gasteiger charge is 2.29. The summed E-state index contributed by atoms with van der Waals surface area (Å²) in [5.74, 6) is -0.240. The van der Waals surface area contributed by atoms with Gasteiger partial charge < -0.3 is 11.1 Å². The molecule has 8 nitrogen and oxygen atoms in total. The van der Waals surface area contributed by atoms with Crippen molar-refractivity contribution in [1.82, 2.24) is 20.3 Å². The van der Waals surface area contributed by atoms with Gasteiger partial charge in [0.2, 0.25) is 0 Å². The molecular formula is C14H21Cl2N5O3. The number of hydrogen-bond donors (Lipinski definition) is 4. The average molecular weight is 378 g/mol. The quantitative estimate of drug-likeness (QED) is 0.617. The van der Waals surface area contributed by atoms with Gasteiger partial charge in [-0.15, -0.1) is 24.8 Å². The Morgan fingerprint density at radius 3 is 2.50 bits per heavy atom. The van der Waals surface area contributed by atoms with Gasteiger partial charge in [0.1, 0.15) is 5.65 Å². The zero-order chi connectivity index (χ0) is 16.5. The number of aromatic nitrogens is 3. The van der Waals surface area contributed by atoms with Crippen LogP contribution in [-0.2, 0) is 0 Å². The number of H-pyrrole nitrogens is 2. The molecule has 1 amide bonds. The van der Waals surface area contributed by atoms with Gasteiger partial charge in [0.05, 0.1) is 16.5 Å². The van der Waals surface area contributed by atoms with Gasteiger partial charge in [-0.3, -0.25) is 19.6 Å². The molecule has 0 spiro atoms. The fourth-order valence-corrected chi connectivity index (χ4v) is 1.93. The lowest BCUT2D eigenvalue weighted by Crippen LogP contribution is -2.55. The molecule has 0 aliphatic carbocycles. The highest BCUT2D eigenvalue weighted by molar-refractivity contribution is 5.97. The number of nitrogens with two attached hydrogens (primary N) is 1. The summed E-state index contributed by atoms with van der Waals surface area (Å²) in [6.45, 7) is 6.06. The van der Waals surface area contributed by atoms with Crippen molar-refractivity contribution < 1.29 is 4.79 Å². The van der Waals surface area contributed by atoms with E-state index in [4.69, 9.17) is 5.73 Å². The molecule has 0 aliphatic rings. The molecule has 2 aromatic heterocycles. The van der Waals surface area contributed by atoms with E-state index in [1.54, 1.807) is 0 Å². The topological polar surface area (TPSA) is 134 Å². The molecule has 0 saturated heterocycles. The maximum absolute atomic E-state index is 12.4. The molecule has 1 unspecified atom stereocenters. The summed E-state index contributed by atoms with van der Waals surface area (Å²) >= 11 is 0. The van der Waals surface area contributed by atoms with Crippen molar-refractivity contribution in [2.45, 2.75) is 26.3 Å². The maximum Gasteiger partial charge on any atom is 0.327 e. The van der Waals surface area contributed by atoms with Crippen LogP contribution in [0.1, 0.15) is 31.1 Å². The van der Waals surface area contributed by atoms with E-state index < -0.39 is 16.8 Å². The van der Waals surface area contributed by atoms with Crippen LogP contribution in [0.2, 0.25) is 0 Å². The molecule has 1 atom stereocenters. The van der Waals surface area contributed by atoms with Crippen molar-refractivity contribution in [1.29, 1.82) is 0 Å². The summed E-state index contributed by atoms with van der Waals surface area (Å²) in [4.78, 5) is 43.7. The van der Waals surface area contributed by atoms with Crippen molar-refractivity contribution in [3.63, 3.8) is 0 Å². The van der Waals surface area contributed by atoms with Gasteiger partial charge in [-0.1, -0.05) is 13.8 Å². The predicted octanol–water partition coefficient (Wildman–Crippen LogP) is 0.558. The Hall–Kier alpha value is -1.90. The zero-order valence-corrected chi connectivity index (χ0v) is 15.1. The fourth-order valence-electron chi connectivity index (χ4n) is 1.93. The highest BCUT2D eigenvalue weighted by atomic mass is 35.5. The molecule has 0 fully saturated rings. The molecule has 24 heavy (non-hydrogen) atoms.